The van der Waals surface area contributed by atoms with E-state index in [0.29, 0.717) is 6.54 Å². The molecule has 0 saturated heterocycles. The van der Waals surface area contributed by atoms with Crippen molar-refractivity contribution >= 4 is 0 Å². The molecule has 1 aromatic heterocycles. The van der Waals surface area contributed by atoms with Gasteiger partial charge in [0.05, 0.1) is 11.7 Å². The van der Waals surface area contributed by atoms with Crippen LogP contribution in [0.4, 0.5) is 0 Å². The average Bonchev–Trinajstić information content (AvgIpc) is 2.03. The second kappa shape index (κ2) is 3.57. The highest BCUT2D eigenvalue weighted by Crippen LogP contribution is 2.02. The monoisotopic (exact) mass is 184 g/mol. The molecule has 72 valence electrons. The van der Waals surface area contributed by atoms with Gasteiger partial charge in [0, 0.05) is 12.7 Å². The fourth-order valence-electron chi connectivity index (χ4n) is 1.06. The summed E-state index contributed by atoms with van der Waals surface area (Å²) in [6.45, 7) is 3.73. The Hall–Kier alpha value is -1.36. The smallest absolute Gasteiger partial charge is 0.328 e. The van der Waals surface area contributed by atoms with Gasteiger partial charge in [-0.2, -0.15) is 0 Å². The molecule has 0 spiro atoms. The van der Waals surface area contributed by atoms with Gasteiger partial charge in [-0.25, -0.2) is 4.79 Å². The Morgan fingerprint density at radius 3 is 2.69 bits per heavy atom. The van der Waals surface area contributed by atoms with Crippen LogP contribution in [0.15, 0.2) is 15.8 Å². The van der Waals surface area contributed by atoms with E-state index in [1.54, 1.807) is 6.92 Å². The van der Waals surface area contributed by atoms with Crippen LogP contribution in [0.2, 0.25) is 0 Å². The summed E-state index contributed by atoms with van der Waals surface area (Å²) in [6, 6.07) is 0. The van der Waals surface area contributed by atoms with Crippen LogP contribution in [-0.4, -0.2) is 14.7 Å². The predicted octanol–water partition coefficient (Wildman–Crippen LogP) is -0.390. The molecule has 0 aromatic carbocycles. The van der Waals surface area contributed by atoms with Gasteiger partial charge in [-0.15, -0.1) is 0 Å². The zero-order valence-corrected chi connectivity index (χ0v) is 7.57. The van der Waals surface area contributed by atoms with Crippen LogP contribution >= 0.6 is 0 Å². The van der Waals surface area contributed by atoms with Gasteiger partial charge in [0.15, 0.2) is 0 Å². The van der Waals surface area contributed by atoms with Gasteiger partial charge in [0.2, 0.25) is 0 Å². The highest BCUT2D eigenvalue weighted by atomic mass is 16.3. The lowest BCUT2D eigenvalue weighted by Crippen LogP contribution is -2.31. The molecule has 1 unspecified atom stereocenters. The van der Waals surface area contributed by atoms with E-state index >= 15 is 0 Å². The van der Waals surface area contributed by atoms with E-state index in [9.17, 15) is 14.7 Å². The molecule has 5 heteroatoms. The lowest BCUT2D eigenvalue weighted by atomic mass is 10.2. The molecule has 1 heterocycles. The van der Waals surface area contributed by atoms with Crippen molar-refractivity contribution in [1.82, 2.24) is 9.55 Å². The van der Waals surface area contributed by atoms with E-state index in [2.05, 4.69) is 4.98 Å². The van der Waals surface area contributed by atoms with Gasteiger partial charge in [0.1, 0.15) is 0 Å². The molecular formula is C8H12N2O3. The molecule has 2 N–H and O–H groups in total. The van der Waals surface area contributed by atoms with E-state index in [-0.39, 0.29) is 5.56 Å². The van der Waals surface area contributed by atoms with Crippen molar-refractivity contribution in [3.05, 3.63) is 32.6 Å². The van der Waals surface area contributed by atoms with Crippen molar-refractivity contribution in [3.63, 3.8) is 0 Å². The predicted molar refractivity (Wildman–Crippen MR) is 47.6 cm³/mol. The average molecular weight is 184 g/mol. The molecule has 13 heavy (non-hydrogen) atoms. The Bertz CT molecular complexity index is 403. The van der Waals surface area contributed by atoms with Crippen molar-refractivity contribution in [2.75, 3.05) is 0 Å². The number of hydrogen-bond donors (Lipinski definition) is 2. The maximum atomic E-state index is 11.1. The minimum Gasteiger partial charge on any atom is -0.388 e. The summed E-state index contributed by atoms with van der Waals surface area (Å²) in [5.74, 6) is 0. The molecule has 1 rings (SSSR count). The second-order valence-corrected chi connectivity index (χ2v) is 2.81. The third-order valence-electron chi connectivity index (χ3n) is 1.83. The van der Waals surface area contributed by atoms with Crippen LogP contribution in [0.1, 0.15) is 25.5 Å². The molecule has 0 saturated carbocycles. The molecule has 0 fully saturated rings. The Labute approximate surface area is 74.7 Å². The van der Waals surface area contributed by atoms with Gasteiger partial charge >= 0.3 is 5.69 Å². The lowest BCUT2D eigenvalue weighted by molar-refractivity contribution is 0.196. The summed E-state index contributed by atoms with van der Waals surface area (Å²) in [5.41, 5.74) is -0.761. The van der Waals surface area contributed by atoms with E-state index in [1.165, 1.54) is 17.7 Å². The van der Waals surface area contributed by atoms with E-state index in [1.807, 2.05) is 0 Å². The van der Waals surface area contributed by atoms with Crippen molar-refractivity contribution in [1.29, 1.82) is 0 Å². The number of aromatic nitrogens is 2. The number of nitrogens with one attached hydrogen (secondary N) is 1. The van der Waals surface area contributed by atoms with Gasteiger partial charge in [-0.05, 0) is 13.8 Å². The number of nitrogens with zero attached hydrogens (tertiary/aromatic N) is 1. The van der Waals surface area contributed by atoms with Crippen LogP contribution < -0.4 is 11.2 Å². The first-order chi connectivity index (χ1) is 6.06. The number of rotatable bonds is 2. The fourth-order valence-corrected chi connectivity index (χ4v) is 1.06. The van der Waals surface area contributed by atoms with E-state index < -0.39 is 17.4 Å². The zero-order chi connectivity index (χ0) is 10.0. The Kier molecular flexibility index (Phi) is 2.67. The van der Waals surface area contributed by atoms with Gasteiger partial charge in [-0.3, -0.25) is 9.78 Å². The van der Waals surface area contributed by atoms with Crippen LogP contribution in [0, 0.1) is 0 Å². The number of aryl methyl sites for hydroxylation is 1. The Balaban J connectivity index is 3.40. The van der Waals surface area contributed by atoms with Gasteiger partial charge < -0.3 is 9.67 Å². The van der Waals surface area contributed by atoms with Crippen LogP contribution in [0.25, 0.3) is 0 Å². The molecule has 0 radical (unpaired) electrons. The lowest BCUT2D eigenvalue weighted by Gasteiger charge is -2.06. The number of hydrogen-bond acceptors (Lipinski definition) is 3. The maximum Gasteiger partial charge on any atom is 0.328 e. The highest BCUT2D eigenvalue weighted by molar-refractivity contribution is 5.07. The topological polar surface area (TPSA) is 75.1 Å². The standard InChI is InChI=1S/C8H12N2O3/c1-3-10-4-6(5(2)11)7(12)9-8(10)13/h4-5,11H,3H2,1-2H3,(H,9,12,13). The van der Waals surface area contributed by atoms with E-state index in [0.717, 1.165) is 0 Å². The minimum atomic E-state index is -0.859. The van der Waals surface area contributed by atoms with Crippen LogP contribution in [0.3, 0.4) is 0 Å². The molecule has 1 aromatic rings. The first-order valence-corrected chi connectivity index (χ1v) is 4.08. The maximum absolute atomic E-state index is 11.1. The van der Waals surface area contributed by atoms with Crippen molar-refractivity contribution in [2.24, 2.45) is 0 Å². The quantitative estimate of drug-likeness (QED) is 0.657. The van der Waals surface area contributed by atoms with Crippen molar-refractivity contribution < 1.29 is 5.11 Å². The molecule has 0 aliphatic carbocycles. The van der Waals surface area contributed by atoms with Gasteiger partial charge in [-0.1, -0.05) is 0 Å². The number of aromatic amines is 1. The molecule has 0 aliphatic rings. The number of H-pyrrole nitrogens is 1. The third kappa shape index (κ3) is 1.86. The van der Waals surface area contributed by atoms with Crippen molar-refractivity contribution in [3.8, 4) is 0 Å². The molecule has 0 bridgehead atoms. The molecule has 0 amide bonds. The largest absolute Gasteiger partial charge is 0.388 e. The van der Waals surface area contributed by atoms with Crippen molar-refractivity contribution in [2.45, 2.75) is 26.5 Å². The fraction of sp³-hybridized carbons (Fsp3) is 0.500. The summed E-state index contributed by atoms with van der Waals surface area (Å²) in [4.78, 5) is 24.3. The first-order valence-electron chi connectivity index (χ1n) is 4.08. The summed E-state index contributed by atoms with van der Waals surface area (Å²) in [5, 5.41) is 9.18. The summed E-state index contributed by atoms with van der Waals surface area (Å²) >= 11 is 0. The summed E-state index contributed by atoms with van der Waals surface area (Å²) in [6.07, 6.45) is 0.522. The zero-order valence-electron chi connectivity index (χ0n) is 7.57. The SMILES string of the molecule is CCn1cc(C(C)O)c(=O)[nH]c1=O. The normalized spacial score (nSPS) is 12.8. The highest BCUT2D eigenvalue weighted by Gasteiger charge is 2.08. The van der Waals surface area contributed by atoms with Crippen LogP contribution in [-0.2, 0) is 6.54 Å². The molecule has 1 atom stereocenters. The molecule has 5 nitrogen and oxygen atoms in total. The third-order valence-corrected chi connectivity index (χ3v) is 1.83. The number of aliphatic hydroxyl groups is 1. The minimum absolute atomic E-state index is 0.210. The summed E-state index contributed by atoms with van der Waals surface area (Å²) < 4.78 is 1.34. The first kappa shape index (κ1) is 9.73. The van der Waals surface area contributed by atoms with Crippen LogP contribution in [0.5, 0.6) is 0 Å². The molecular weight excluding hydrogens is 172 g/mol. The second-order valence-electron chi connectivity index (χ2n) is 2.81. The Morgan fingerprint density at radius 1 is 1.62 bits per heavy atom. The van der Waals surface area contributed by atoms with Gasteiger partial charge in [0.25, 0.3) is 5.56 Å². The number of aliphatic hydroxyl groups excluding tert-OH is 1. The summed E-state index contributed by atoms with van der Waals surface area (Å²) in [7, 11) is 0. The molecule has 0 aliphatic heterocycles. The Morgan fingerprint density at radius 2 is 2.23 bits per heavy atom. The van der Waals surface area contributed by atoms with E-state index in [4.69, 9.17) is 0 Å².